The molecule has 0 aliphatic carbocycles. The van der Waals surface area contributed by atoms with Crippen LogP contribution in [0.2, 0.25) is 0 Å². The first kappa shape index (κ1) is 12.5. The molecule has 0 amide bonds. The van der Waals surface area contributed by atoms with Crippen molar-refractivity contribution in [2.75, 3.05) is 7.11 Å². The number of hydrogen-bond acceptors (Lipinski definition) is 3. The molecule has 16 heavy (non-hydrogen) atoms. The molecule has 3 nitrogen and oxygen atoms in total. The van der Waals surface area contributed by atoms with Crippen molar-refractivity contribution in [2.24, 2.45) is 0 Å². The standard InChI is InChI=1S/C13H18N2O/c1-13(2,3)15-9-10-5-6-12(16-4)11(7-10)8-14/h5-7,15H,9H2,1-4H3. The van der Waals surface area contributed by atoms with Gasteiger partial charge in [-0.05, 0) is 38.5 Å². The number of benzene rings is 1. The lowest BCUT2D eigenvalue weighted by atomic mass is 10.1. The van der Waals surface area contributed by atoms with Crippen molar-refractivity contribution in [3.05, 3.63) is 29.3 Å². The van der Waals surface area contributed by atoms with Crippen molar-refractivity contribution in [1.29, 1.82) is 5.26 Å². The minimum Gasteiger partial charge on any atom is -0.495 e. The molecule has 3 heteroatoms. The van der Waals surface area contributed by atoms with E-state index in [0.717, 1.165) is 12.1 Å². The molecule has 0 heterocycles. The van der Waals surface area contributed by atoms with Crippen molar-refractivity contribution >= 4 is 0 Å². The third kappa shape index (κ3) is 3.56. The van der Waals surface area contributed by atoms with Gasteiger partial charge in [0.05, 0.1) is 12.7 Å². The predicted octanol–water partition coefficient (Wildman–Crippen LogP) is 2.45. The first-order chi connectivity index (χ1) is 7.46. The van der Waals surface area contributed by atoms with Gasteiger partial charge in [-0.1, -0.05) is 6.07 Å². The highest BCUT2D eigenvalue weighted by Gasteiger charge is 2.09. The third-order valence-electron chi connectivity index (χ3n) is 2.21. The summed E-state index contributed by atoms with van der Waals surface area (Å²) in [6, 6.07) is 7.79. The second kappa shape index (κ2) is 5.00. The van der Waals surface area contributed by atoms with Crippen LogP contribution in [0.3, 0.4) is 0 Å². The van der Waals surface area contributed by atoms with Crippen molar-refractivity contribution in [3.8, 4) is 11.8 Å². The Labute approximate surface area is 97.0 Å². The smallest absolute Gasteiger partial charge is 0.136 e. The molecular weight excluding hydrogens is 200 g/mol. The van der Waals surface area contributed by atoms with Crippen molar-refractivity contribution in [2.45, 2.75) is 32.9 Å². The van der Waals surface area contributed by atoms with E-state index in [2.05, 4.69) is 32.2 Å². The average Bonchev–Trinajstić information content (AvgIpc) is 2.25. The molecule has 0 fully saturated rings. The molecule has 0 spiro atoms. The zero-order valence-electron chi connectivity index (χ0n) is 10.3. The van der Waals surface area contributed by atoms with Crippen molar-refractivity contribution in [1.82, 2.24) is 5.32 Å². The Morgan fingerprint density at radius 2 is 2.06 bits per heavy atom. The number of ether oxygens (including phenoxy) is 1. The van der Waals surface area contributed by atoms with E-state index < -0.39 is 0 Å². The van der Waals surface area contributed by atoms with E-state index in [-0.39, 0.29) is 5.54 Å². The SMILES string of the molecule is COc1ccc(CNC(C)(C)C)cc1C#N. The number of nitrogens with zero attached hydrogens (tertiary/aromatic N) is 1. The van der Waals surface area contributed by atoms with Gasteiger partial charge in [0.1, 0.15) is 11.8 Å². The van der Waals surface area contributed by atoms with Crippen molar-refractivity contribution < 1.29 is 4.74 Å². The summed E-state index contributed by atoms with van der Waals surface area (Å²) in [7, 11) is 1.57. The molecule has 1 aromatic rings. The van der Waals surface area contributed by atoms with Crippen LogP contribution in [0.5, 0.6) is 5.75 Å². The Balaban J connectivity index is 2.81. The van der Waals surface area contributed by atoms with Crippen molar-refractivity contribution in [3.63, 3.8) is 0 Å². The summed E-state index contributed by atoms with van der Waals surface area (Å²) in [5.41, 5.74) is 1.75. The molecule has 0 saturated heterocycles. The van der Waals surface area contributed by atoms with Crippen LogP contribution in [0.25, 0.3) is 0 Å². The second-order valence-corrected chi connectivity index (χ2v) is 4.75. The summed E-state index contributed by atoms with van der Waals surface area (Å²) in [5.74, 6) is 0.627. The lowest BCUT2D eigenvalue weighted by molar-refractivity contribution is 0.411. The van der Waals surface area contributed by atoms with Crippen LogP contribution in [0.4, 0.5) is 0 Å². The van der Waals surface area contributed by atoms with Crippen LogP contribution >= 0.6 is 0 Å². The minimum atomic E-state index is 0.0761. The summed E-state index contributed by atoms with van der Waals surface area (Å²) in [5, 5.41) is 12.3. The monoisotopic (exact) mass is 218 g/mol. The molecule has 0 radical (unpaired) electrons. The van der Waals surface area contributed by atoms with Crippen LogP contribution in [0.1, 0.15) is 31.9 Å². The summed E-state index contributed by atoms with van der Waals surface area (Å²) in [6.07, 6.45) is 0. The summed E-state index contributed by atoms with van der Waals surface area (Å²) < 4.78 is 5.09. The molecule has 86 valence electrons. The van der Waals surface area contributed by atoms with Gasteiger partial charge in [-0.25, -0.2) is 0 Å². The summed E-state index contributed by atoms with van der Waals surface area (Å²) in [4.78, 5) is 0. The maximum absolute atomic E-state index is 8.95. The number of hydrogen-bond donors (Lipinski definition) is 1. The Morgan fingerprint density at radius 3 is 2.56 bits per heavy atom. The van der Waals surface area contributed by atoms with E-state index in [4.69, 9.17) is 10.00 Å². The molecule has 0 saturated carbocycles. The van der Waals surface area contributed by atoms with Crippen LogP contribution < -0.4 is 10.1 Å². The van der Waals surface area contributed by atoms with Gasteiger partial charge in [0, 0.05) is 12.1 Å². The lowest BCUT2D eigenvalue weighted by Crippen LogP contribution is -2.35. The molecule has 0 aliphatic heterocycles. The number of rotatable bonds is 3. The normalized spacial score (nSPS) is 10.9. The third-order valence-corrected chi connectivity index (χ3v) is 2.21. The maximum Gasteiger partial charge on any atom is 0.136 e. The molecular formula is C13H18N2O. The first-order valence-electron chi connectivity index (χ1n) is 5.28. The number of nitrogens with one attached hydrogen (secondary N) is 1. The zero-order valence-corrected chi connectivity index (χ0v) is 10.3. The fourth-order valence-corrected chi connectivity index (χ4v) is 1.32. The summed E-state index contributed by atoms with van der Waals surface area (Å²) >= 11 is 0. The molecule has 0 aromatic heterocycles. The van der Waals surface area contributed by atoms with Crippen LogP contribution in [-0.2, 0) is 6.54 Å². The Morgan fingerprint density at radius 1 is 1.38 bits per heavy atom. The largest absolute Gasteiger partial charge is 0.495 e. The number of nitriles is 1. The fourth-order valence-electron chi connectivity index (χ4n) is 1.32. The maximum atomic E-state index is 8.95. The van der Waals surface area contributed by atoms with Crippen LogP contribution in [0, 0.1) is 11.3 Å². The van der Waals surface area contributed by atoms with Gasteiger partial charge in [-0.15, -0.1) is 0 Å². The molecule has 0 aliphatic rings. The van der Waals surface area contributed by atoms with Gasteiger partial charge in [0.25, 0.3) is 0 Å². The molecule has 0 atom stereocenters. The summed E-state index contributed by atoms with van der Waals surface area (Å²) in [6.45, 7) is 7.09. The highest BCUT2D eigenvalue weighted by Crippen LogP contribution is 2.19. The molecule has 0 unspecified atom stereocenters. The first-order valence-corrected chi connectivity index (χ1v) is 5.28. The topological polar surface area (TPSA) is 45.0 Å². The van der Waals surface area contributed by atoms with E-state index in [1.807, 2.05) is 18.2 Å². The van der Waals surface area contributed by atoms with Gasteiger partial charge in [0.2, 0.25) is 0 Å². The van der Waals surface area contributed by atoms with E-state index in [9.17, 15) is 0 Å². The van der Waals surface area contributed by atoms with Crippen LogP contribution in [-0.4, -0.2) is 12.6 Å². The number of methoxy groups -OCH3 is 1. The van der Waals surface area contributed by atoms with E-state index >= 15 is 0 Å². The Kier molecular flexibility index (Phi) is 3.92. The molecule has 1 aromatic carbocycles. The van der Waals surface area contributed by atoms with Crippen LogP contribution in [0.15, 0.2) is 18.2 Å². The molecule has 1 N–H and O–H groups in total. The van der Waals surface area contributed by atoms with E-state index in [1.54, 1.807) is 7.11 Å². The lowest BCUT2D eigenvalue weighted by Gasteiger charge is -2.20. The fraction of sp³-hybridized carbons (Fsp3) is 0.462. The minimum absolute atomic E-state index is 0.0761. The van der Waals surface area contributed by atoms with Gasteiger partial charge in [-0.3, -0.25) is 0 Å². The molecule has 1 rings (SSSR count). The Hall–Kier alpha value is -1.53. The Bertz CT molecular complexity index is 399. The van der Waals surface area contributed by atoms with Gasteiger partial charge in [0.15, 0.2) is 0 Å². The quantitative estimate of drug-likeness (QED) is 0.847. The second-order valence-electron chi connectivity index (χ2n) is 4.75. The van der Waals surface area contributed by atoms with E-state index in [0.29, 0.717) is 11.3 Å². The highest BCUT2D eigenvalue weighted by atomic mass is 16.5. The van der Waals surface area contributed by atoms with Gasteiger partial charge >= 0.3 is 0 Å². The van der Waals surface area contributed by atoms with Gasteiger partial charge in [-0.2, -0.15) is 5.26 Å². The van der Waals surface area contributed by atoms with Gasteiger partial charge < -0.3 is 10.1 Å². The molecule has 0 bridgehead atoms. The zero-order chi connectivity index (χ0) is 12.2. The highest BCUT2D eigenvalue weighted by molar-refractivity contribution is 5.45. The predicted molar refractivity (Wildman–Crippen MR) is 64.3 cm³/mol. The average molecular weight is 218 g/mol. The van der Waals surface area contributed by atoms with E-state index in [1.165, 1.54) is 0 Å².